The van der Waals surface area contributed by atoms with Crippen LogP contribution in [0.5, 0.6) is 11.5 Å². The first-order valence-corrected chi connectivity index (χ1v) is 13.2. The molecule has 1 aliphatic heterocycles. The molecule has 7 atom stereocenters. The summed E-state index contributed by atoms with van der Waals surface area (Å²) < 4.78 is 5.35. The largest absolute Gasteiger partial charge is 0.508 e. The molecule has 1 aliphatic carbocycles. The Morgan fingerprint density at radius 2 is 1.43 bits per heavy atom. The van der Waals surface area contributed by atoms with Gasteiger partial charge in [0.15, 0.2) is 0 Å². The Morgan fingerprint density at radius 1 is 0.864 bits per heavy atom. The van der Waals surface area contributed by atoms with Gasteiger partial charge in [0, 0.05) is 11.5 Å². The fourth-order valence-electron chi connectivity index (χ4n) is 5.23. The number of rotatable bonds is 8. The van der Waals surface area contributed by atoms with E-state index in [1.165, 1.54) is 42.5 Å². The van der Waals surface area contributed by atoms with Gasteiger partial charge in [-0.2, -0.15) is 0 Å². The van der Waals surface area contributed by atoms with Crippen molar-refractivity contribution in [3.63, 3.8) is 0 Å². The Hall–Kier alpha value is -4.57. The summed E-state index contributed by atoms with van der Waals surface area (Å²) in [6.45, 7) is -0.994. The molecule has 10 N–H and O–H groups in total. The Morgan fingerprint density at radius 3 is 1.98 bits per heavy atom. The molecule has 1 heterocycles. The number of aromatic hydroxyl groups is 2. The van der Waals surface area contributed by atoms with Crippen molar-refractivity contribution in [1.82, 2.24) is 0 Å². The molecule has 44 heavy (non-hydrogen) atoms. The summed E-state index contributed by atoms with van der Waals surface area (Å²) in [5, 5.41) is 104. The molecule has 0 spiro atoms. The lowest BCUT2D eigenvalue weighted by Crippen LogP contribution is -2.71. The van der Waals surface area contributed by atoms with Gasteiger partial charge in [-0.15, -0.1) is 0 Å². The van der Waals surface area contributed by atoms with E-state index in [1.54, 1.807) is 0 Å². The van der Waals surface area contributed by atoms with E-state index in [0.29, 0.717) is 5.56 Å². The lowest BCUT2D eigenvalue weighted by Gasteiger charge is -2.47. The molecular weight excluding hydrogens is 584 g/mol. The summed E-state index contributed by atoms with van der Waals surface area (Å²) in [7, 11) is 0. The molecule has 0 radical (unpaired) electrons. The van der Waals surface area contributed by atoms with E-state index < -0.39 is 95.3 Å². The van der Waals surface area contributed by atoms with Crippen LogP contribution >= 0.6 is 0 Å². The van der Waals surface area contributed by atoms with Crippen LogP contribution in [0.25, 0.3) is 6.08 Å². The number of ether oxygens (including phenoxy) is 1. The summed E-state index contributed by atoms with van der Waals surface area (Å²) in [6, 6.07) is 10.2. The van der Waals surface area contributed by atoms with Crippen molar-refractivity contribution in [1.29, 1.82) is 0 Å². The van der Waals surface area contributed by atoms with Crippen LogP contribution in [0.2, 0.25) is 0 Å². The fourth-order valence-corrected chi connectivity index (χ4v) is 5.23. The average molecular weight is 615 g/mol. The normalized spacial score (nSPS) is 29.6. The third kappa shape index (κ3) is 5.81. The number of hydrogen-bond acceptors (Lipinski definition) is 13. The third-order valence-electron chi connectivity index (χ3n) is 7.57. The summed E-state index contributed by atoms with van der Waals surface area (Å²) >= 11 is 0. The average Bonchev–Trinajstić information content (AvgIpc) is 2.98. The lowest BCUT2D eigenvalue weighted by molar-refractivity contribution is -0.260. The maximum absolute atomic E-state index is 14.1. The van der Waals surface area contributed by atoms with Crippen molar-refractivity contribution >= 4 is 23.6 Å². The molecule has 1 unspecified atom stereocenters. The zero-order chi connectivity index (χ0) is 32.5. The maximum Gasteiger partial charge on any atom is 0.304 e. The number of Topliss-reactive ketones (excluding diaryl/α,β-unsaturated/α-hetero) is 2. The zero-order valence-corrected chi connectivity index (χ0v) is 22.8. The minimum absolute atomic E-state index is 0.0177. The molecule has 0 amide bonds. The third-order valence-corrected chi connectivity index (χ3v) is 7.57. The summed E-state index contributed by atoms with van der Waals surface area (Å²) in [5.74, 6) is -9.00. The Balaban J connectivity index is 1.98. The first-order chi connectivity index (χ1) is 20.7. The number of carboxylic acid groups (broad SMARTS) is 1. The second kappa shape index (κ2) is 12.6. The van der Waals surface area contributed by atoms with E-state index in [0.717, 1.165) is 18.2 Å². The topological polar surface area (TPSA) is 263 Å². The molecule has 2 aromatic rings. The monoisotopic (exact) mass is 614 g/mol. The molecular formula is C30H30O14. The van der Waals surface area contributed by atoms with E-state index in [4.69, 9.17) is 4.74 Å². The minimum Gasteiger partial charge on any atom is -0.508 e. The molecule has 14 heteroatoms. The Labute approximate surface area is 249 Å². The van der Waals surface area contributed by atoms with Gasteiger partial charge in [-0.3, -0.25) is 14.4 Å². The van der Waals surface area contributed by atoms with Crippen molar-refractivity contribution in [2.45, 2.75) is 48.5 Å². The van der Waals surface area contributed by atoms with Gasteiger partial charge in [-0.1, -0.05) is 30.3 Å². The Bertz CT molecular complexity index is 1520. The Kier molecular flexibility index (Phi) is 9.25. The highest BCUT2D eigenvalue weighted by atomic mass is 16.6. The van der Waals surface area contributed by atoms with Gasteiger partial charge < -0.3 is 55.8 Å². The predicted molar refractivity (Wildman–Crippen MR) is 148 cm³/mol. The number of carbonyl (C=O) groups excluding carboxylic acids is 2. The lowest BCUT2D eigenvalue weighted by atomic mass is 9.67. The van der Waals surface area contributed by atoms with E-state index >= 15 is 0 Å². The van der Waals surface area contributed by atoms with Gasteiger partial charge in [-0.05, 0) is 41.5 Å². The SMILES string of the molecule is O=C(O)C[C@@H](C1=C(O)/C(=C(O)\C=C\c2ccc(O)cc2)C(=O)C(O)([C@@H]2O[C@H](CO)[C@@H](O)[C@H](O)[C@H]2O)C1=O)c1ccc(O)cc1. The van der Waals surface area contributed by atoms with Crippen LogP contribution in [-0.2, 0) is 19.1 Å². The van der Waals surface area contributed by atoms with Crippen molar-refractivity contribution in [2.75, 3.05) is 6.61 Å². The van der Waals surface area contributed by atoms with Crippen molar-refractivity contribution in [2.24, 2.45) is 0 Å². The summed E-state index contributed by atoms with van der Waals surface area (Å²) in [6.07, 6.45) is -9.28. The van der Waals surface area contributed by atoms with Crippen molar-refractivity contribution in [3.8, 4) is 11.5 Å². The predicted octanol–water partition coefficient (Wildman–Crippen LogP) is -0.281. The van der Waals surface area contributed by atoms with E-state index in [2.05, 4.69) is 0 Å². The molecule has 14 nitrogen and oxygen atoms in total. The van der Waals surface area contributed by atoms with Gasteiger partial charge in [0.05, 0.1) is 13.0 Å². The molecule has 1 fully saturated rings. The number of phenols is 2. The smallest absolute Gasteiger partial charge is 0.304 e. The van der Waals surface area contributed by atoms with E-state index in [-0.39, 0.29) is 17.1 Å². The summed E-state index contributed by atoms with van der Waals surface area (Å²) in [4.78, 5) is 39.8. The number of aliphatic hydroxyl groups is 7. The number of phenolic OH excluding ortho intramolecular Hbond substituents is 2. The molecule has 2 aromatic carbocycles. The van der Waals surface area contributed by atoms with Crippen molar-refractivity contribution < 1.29 is 70.2 Å². The van der Waals surface area contributed by atoms with Gasteiger partial charge in [0.2, 0.25) is 17.2 Å². The van der Waals surface area contributed by atoms with Gasteiger partial charge in [-0.25, -0.2) is 0 Å². The quantitative estimate of drug-likeness (QED) is 0.104. The van der Waals surface area contributed by atoms with Crippen LogP contribution in [0.3, 0.4) is 0 Å². The van der Waals surface area contributed by atoms with E-state index in [9.17, 15) is 65.4 Å². The molecule has 4 rings (SSSR count). The number of carboxylic acids is 1. The van der Waals surface area contributed by atoms with Crippen LogP contribution < -0.4 is 0 Å². The first-order valence-electron chi connectivity index (χ1n) is 13.2. The fraction of sp³-hybridized carbons (Fsp3) is 0.300. The minimum atomic E-state index is -3.54. The number of aliphatic hydroxyl groups excluding tert-OH is 6. The van der Waals surface area contributed by atoms with Crippen LogP contribution in [0.4, 0.5) is 0 Å². The van der Waals surface area contributed by atoms with Crippen molar-refractivity contribution in [3.05, 3.63) is 88.4 Å². The number of aliphatic carboxylic acids is 1. The maximum atomic E-state index is 14.1. The highest BCUT2D eigenvalue weighted by molar-refractivity contribution is 6.28. The zero-order valence-electron chi connectivity index (χ0n) is 22.8. The van der Waals surface area contributed by atoms with Crippen LogP contribution in [0.1, 0.15) is 23.5 Å². The molecule has 0 saturated carbocycles. The molecule has 234 valence electrons. The van der Waals surface area contributed by atoms with E-state index in [1.807, 2.05) is 0 Å². The molecule has 0 bridgehead atoms. The number of carbonyl (C=O) groups is 3. The standard InChI is InChI=1S/C30H30O14/c31-12-19-23(37)25(39)26(40)29(44-19)30(43)27(41)21(17(11-20(35)36)14-4-8-16(33)9-5-14)24(38)22(28(30)42)18(34)10-3-13-1-6-15(32)7-2-13/h1-10,17,19,23,25-26,29,31-34,37-40,43H,11-12H2,(H,35,36)/b10-3+,22-18-/t17-,19-,23-,25+,26-,29-,30?/m1/s1. The van der Waals surface area contributed by atoms with Gasteiger partial charge in [0.1, 0.15) is 59.1 Å². The number of allylic oxidation sites excluding steroid dienone is 2. The van der Waals surface area contributed by atoms with Crippen LogP contribution in [0, 0.1) is 0 Å². The highest BCUT2D eigenvalue weighted by Crippen LogP contribution is 2.44. The van der Waals surface area contributed by atoms with Gasteiger partial charge >= 0.3 is 5.97 Å². The summed E-state index contributed by atoms with van der Waals surface area (Å²) in [5.41, 5.74) is -5.11. The molecule has 0 aromatic heterocycles. The van der Waals surface area contributed by atoms with Crippen LogP contribution in [0.15, 0.2) is 77.3 Å². The second-order valence-electron chi connectivity index (χ2n) is 10.4. The molecule has 1 saturated heterocycles. The molecule has 2 aliphatic rings. The van der Waals surface area contributed by atoms with Crippen LogP contribution in [-0.4, -0.2) is 111 Å². The second-order valence-corrected chi connectivity index (χ2v) is 10.4. The number of hydrogen-bond donors (Lipinski definition) is 10. The highest BCUT2D eigenvalue weighted by Gasteiger charge is 2.64. The first kappa shape index (κ1) is 32.3. The number of benzene rings is 2. The van der Waals surface area contributed by atoms with Gasteiger partial charge in [0.25, 0.3) is 0 Å². The number of ketones is 2.